The molecule has 118 valence electrons. The molecule has 0 radical (unpaired) electrons. The lowest BCUT2D eigenvalue weighted by molar-refractivity contribution is 0.0924. The van der Waals surface area contributed by atoms with Crippen LogP contribution in [0.25, 0.3) is 0 Å². The van der Waals surface area contributed by atoms with Crippen molar-refractivity contribution in [3.05, 3.63) is 35.4 Å². The Morgan fingerprint density at radius 1 is 1.43 bits per heavy atom. The Labute approximate surface area is 129 Å². The first-order chi connectivity index (χ1) is 9.40. The Hall–Kier alpha value is -1.20. The average molecular weight is 319 g/mol. The first-order valence-electron chi connectivity index (χ1n) is 6.87. The van der Waals surface area contributed by atoms with Crippen molar-refractivity contribution in [2.75, 3.05) is 13.1 Å². The van der Waals surface area contributed by atoms with Gasteiger partial charge in [0.2, 0.25) is 0 Å². The number of carbonyl (C=O) groups excluding carboxylic acids is 1. The summed E-state index contributed by atoms with van der Waals surface area (Å²) in [7, 11) is 0. The second-order valence-corrected chi connectivity index (χ2v) is 5.93. The zero-order valence-electron chi connectivity index (χ0n) is 12.2. The molecule has 21 heavy (non-hydrogen) atoms. The monoisotopic (exact) mass is 318 g/mol. The van der Waals surface area contributed by atoms with Crippen LogP contribution in [0.3, 0.4) is 0 Å². The van der Waals surface area contributed by atoms with Gasteiger partial charge in [-0.05, 0) is 43.0 Å². The van der Waals surface area contributed by atoms with E-state index in [-0.39, 0.29) is 29.4 Å². The van der Waals surface area contributed by atoms with Gasteiger partial charge in [-0.15, -0.1) is 12.4 Å². The Morgan fingerprint density at radius 3 is 2.81 bits per heavy atom. The molecule has 2 N–H and O–H groups in total. The summed E-state index contributed by atoms with van der Waals surface area (Å²) in [6.07, 6.45) is 2.19. The maximum atomic E-state index is 13.5. The highest BCUT2D eigenvalue weighted by atomic mass is 35.5. The minimum absolute atomic E-state index is 0. The molecular weight excluding hydrogens is 298 g/mol. The molecule has 1 aliphatic heterocycles. The van der Waals surface area contributed by atoms with E-state index >= 15 is 0 Å². The van der Waals surface area contributed by atoms with Crippen molar-refractivity contribution in [3.63, 3.8) is 0 Å². The molecule has 2 rings (SSSR count). The van der Waals surface area contributed by atoms with Gasteiger partial charge < -0.3 is 10.6 Å². The maximum absolute atomic E-state index is 13.5. The minimum atomic E-state index is -0.709. The van der Waals surface area contributed by atoms with E-state index in [0.717, 1.165) is 37.6 Å². The van der Waals surface area contributed by atoms with Crippen molar-refractivity contribution >= 4 is 18.3 Å². The molecule has 1 aromatic rings. The fraction of sp³-hybridized carbons (Fsp3) is 0.533. The summed E-state index contributed by atoms with van der Waals surface area (Å²) in [5.74, 6) is -1.90. The van der Waals surface area contributed by atoms with Gasteiger partial charge in [0, 0.05) is 12.6 Å². The maximum Gasteiger partial charge on any atom is 0.254 e. The third-order valence-electron chi connectivity index (χ3n) is 3.97. The van der Waals surface area contributed by atoms with E-state index in [1.807, 2.05) is 0 Å². The highest BCUT2D eigenvalue weighted by Gasteiger charge is 2.32. The smallest absolute Gasteiger partial charge is 0.254 e. The summed E-state index contributed by atoms with van der Waals surface area (Å²) in [6.45, 7) is 5.59. The molecular formula is C15H21ClF2N2O. The van der Waals surface area contributed by atoms with Crippen molar-refractivity contribution in [1.82, 2.24) is 10.6 Å². The van der Waals surface area contributed by atoms with Crippen LogP contribution in [-0.2, 0) is 0 Å². The molecule has 1 atom stereocenters. The molecule has 3 nitrogen and oxygen atoms in total. The van der Waals surface area contributed by atoms with E-state index in [1.165, 1.54) is 0 Å². The van der Waals surface area contributed by atoms with Gasteiger partial charge in [-0.1, -0.05) is 13.8 Å². The molecule has 1 heterocycles. The second kappa shape index (κ2) is 7.18. The topological polar surface area (TPSA) is 41.1 Å². The van der Waals surface area contributed by atoms with Crippen LogP contribution in [0.15, 0.2) is 18.2 Å². The van der Waals surface area contributed by atoms with Crippen molar-refractivity contribution in [1.29, 1.82) is 0 Å². The Bertz CT molecular complexity index is 508. The van der Waals surface area contributed by atoms with Crippen LogP contribution in [0.2, 0.25) is 0 Å². The SMILES string of the molecule is CC1(C)CCCNC1CNC(=O)c1cc(F)ccc1F.Cl. The van der Waals surface area contributed by atoms with Crippen molar-refractivity contribution in [3.8, 4) is 0 Å². The number of rotatable bonds is 3. The van der Waals surface area contributed by atoms with Crippen LogP contribution in [0, 0.1) is 17.0 Å². The zero-order chi connectivity index (χ0) is 14.8. The Kier molecular flexibility index (Phi) is 6.10. The lowest BCUT2D eigenvalue weighted by atomic mass is 9.77. The molecule has 1 amide bonds. The van der Waals surface area contributed by atoms with E-state index in [1.54, 1.807) is 0 Å². The van der Waals surface area contributed by atoms with E-state index in [9.17, 15) is 13.6 Å². The van der Waals surface area contributed by atoms with Crippen molar-refractivity contribution in [2.24, 2.45) is 5.41 Å². The summed E-state index contributed by atoms with van der Waals surface area (Å²) >= 11 is 0. The van der Waals surface area contributed by atoms with Gasteiger partial charge >= 0.3 is 0 Å². The molecule has 1 fully saturated rings. The predicted octanol–water partition coefficient (Wildman–Crippen LogP) is 2.89. The first kappa shape index (κ1) is 17.9. The number of nitrogens with one attached hydrogen (secondary N) is 2. The highest BCUT2D eigenvalue weighted by molar-refractivity contribution is 5.94. The summed E-state index contributed by atoms with van der Waals surface area (Å²) in [6, 6.07) is 3.02. The van der Waals surface area contributed by atoms with Gasteiger partial charge in [-0.2, -0.15) is 0 Å². The third kappa shape index (κ3) is 4.38. The molecule has 0 aromatic heterocycles. The number of piperidine rings is 1. The molecule has 0 aliphatic carbocycles. The Morgan fingerprint density at radius 2 is 2.14 bits per heavy atom. The van der Waals surface area contributed by atoms with Crippen LogP contribution < -0.4 is 10.6 Å². The van der Waals surface area contributed by atoms with Crippen LogP contribution in [0.1, 0.15) is 37.0 Å². The summed E-state index contributed by atoms with van der Waals surface area (Å²) in [5.41, 5.74) is -0.176. The lowest BCUT2D eigenvalue weighted by Gasteiger charge is -2.39. The standard InChI is InChI=1S/C15H20F2N2O.ClH/c1-15(2)6-3-7-18-13(15)9-19-14(20)11-8-10(16)4-5-12(11)17;/h4-5,8,13,18H,3,6-7,9H2,1-2H3,(H,19,20);1H. The van der Waals surface area contributed by atoms with Crippen LogP contribution in [0.4, 0.5) is 8.78 Å². The zero-order valence-corrected chi connectivity index (χ0v) is 13.0. The van der Waals surface area contributed by atoms with E-state index < -0.39 is 17.5 Å². The quantitative estimate of drug-likeness (QED) is 0.899. The van der Waals surface area contributed by atoms with Crippen molar-refractivity contribution in [2.45, 2.75) is 32.7 Å². The van der Waals surface area contributed by atoms with E-state index in [2.05, 4.69) is 24.5 Å². The molecule has 1 saturated heterocycles. The van der Waals surface area contributed by atoms with E-state index in [0.29, 0.717) is 6.54 Å². The van der Waals surface area contributed by atoms with Gasteiger partial charge in [0.05, 0.1) is 5.56 Å². The van der Waals surface area contributed by atoms with Crippen molar-refractivity contribution < 1.29 is 13.6 Å². The molecule has 1 unspecified atom stereocenters. The van der Waals surface area contributed by atoms with Gasteiger partial charge in [0.25, 0.3) is 5.91 Å². The number of hydrogen-bond acceptors (Lipinski definition) is 2. The fourth-order valence-corrected chi connectivity index (χ4v) is 2.58. The number of hydrogen-bond donors (Lipinski definition) is 2. The fourth-order valence-electron chi connectivity index (χ4n) is 2.58. The van der Waals surface area contributed by atoms with Gasteiger partial charge in [-0.25, -0.2) is 8.78 Å². The second-order valence-electron chi connectivity index (χ2n) is 5.93. The largest absolute Gasteiger partial charge is 0.350 e. The highest BCUT2D eigenvalue weighted by Crippen LogP contribution is 2.29. The minimum Gasteiger partial charge on any atom is -0.350 e. The van der Waals surface area contributed by atoms with Crippen LogP contribution >= 0.6 is 12.4 Å². The summed E-state index contributed by atoms with van der Waals surface area (Å²) in [5, 5.41) is 6.04. The predicted molar refractivity (Wildman–Crippen MR) is 80.7 cm³/mol. The number of amides is 1. The van der Waals surface area contributed by atoms with Gasteiger partial charge in [0.15, 0.2) is 0 Å². The molecule has 6 heteroatoms. The Balaban J connectivity index is 0.00000220. The van der Waals surface area contributed by atoms with Gasteiger partial charge in [-0.3, -0.25) is 4.79 Å². The van der Waals surface area contributed by atoms with E-state index in [4.69, 9.17) is 0 Å². The van der Waals surface area contributed by atoms with Crippen LogP contribution in [0.5, 0.6) is 0 Å². The normalized spacial score (nSPS) is 20.5. The molecule has 0 spiro atoms. The molecule has 1 aliphatic rings. The average Bonchev–Trinajstić information content (AvgIpc) is 2.39. The van der Waals surface area contributed by atoms with Crippen LogP contribution in [-0.4, -0.2) is 25.0 Å². The summed E-state index contributed by atoms with van der Waals surface area (Å²) in [4.78, 5) is 11.9. The number of benzene rings is 1. The summed E-state index contributed by atoms with van der Waals surface area (Å²) < 4.78 is 26.6. The molecule has 0 saturated carbocycles. The third-order valence-corrected chi connectivity index (χ3v) is 3.97. The molecule has 1 aromatic carbocycles. The number of carbonyl (C=O) groups is 1. The lowest BCUT2D eigenvalue weighted by Crippen LogP contribution is -2.52. The first-order valence-corrected chi connectivity index (χ1v) is 6.87. The number of halogens is 3. The van der Waals surface area contributed by atoms with Gasteiger partial charge in [0.1, 0.15) is 11.6 Å². The molecule has 0 bridgehead atoms.